The van der Waals surface area contributed by atoms with Gasteiger partial charge in [0.25, 0.3) is 0 Å². The van der Waals surface area contributed by atoms with E-state index < -0.39 is 0 Å². The summed E-state index contributed by atoms with van der Waals surface area (Å²) in [4.78, 5) is 4.77. The van der Waals surface area contributed by atoms with E-state index in [1.165, 1.54) is 71.0 Å². The molecule has 0 aromatic heterocycles. The highest BCUT2D eigenvalue weighted by atomic mass is 15.1. The van der Waals surface area contributed by atoms with E-state index >= 15 is 0 Å². The standard InChI is InChI=1S/C15H34N2/c1-5-6-7-8-9-10-14-17(4)15-12-11-13-16(2)3/h5-15H2,1-4H3. The highest BCUT2D eigenvalue weighted by molar-refractivity contribution is 4.54. The number of unbranched alkanes of at least 4 members (excludes halogenated alkanes) is 6. The summed E-state index contributed by atoms with van der Waals surface area (Å²) in [7, 11) is 6.57. The summed E-state index contributed by atoms with van der Waals surface area (Å²) in [5.41, 5.74) is 0. The van der Waals surface area contributed by atoms with Crippen LogP contribution in [0.1, 0.15) is 58.3 Å². The van der Waals surface area contributed by atoms with E-state index in [1.54, 1.807) is 0 Å². The molecule has 0 N–H and O–H groups in total. The van der Waals surface area contributed by atoms with Gasteiger partial charge in [0.2, 0.25) is 0 Å². The number of hydrogen-bond acceptors (Lipinski definition) is 2. The molecule has 0 atom stereocenters. The molecule has 2 nitrogen and oxygen atoms in total. The van der Waals surface area contributed by atoms with E-state index in [1.807, 2.05) is 0 Å². The van der Waals surface area contributed by atoms with Crippen molar-refractivity contribution in [2.24, 2.45) is 0 Å². The molecule has 0 aliphatic rings. The fourth-order valence-corrected chi connectivity index (χ4v) is 2.08. The lowest BCUT2D eigenvalue weighted by molar-refractivity contribution is 0.304. The Bertz CT molecular complexity index is 146. The van der Waals surface area contributed by atoms with E-state index in [0.717, 1.165) is 0 Å². The topological polar surface area (TPSA) is 6.48 Å². The summed E-state index contributed by atoms with van der Waals surface area (Å²) >= 11 is 0. The van der Waals surface area contributed by atoms with Crippen LogP contribution in [-0.2, 0) is 0 Å². The summed E-state index contributed by atoms with van der Waals surface area (Å²) in [6, 6.07) is 0. The normalized spacial score (nSPS) is 11.6. The fourth-order valence-electron chi connectivity index (χ4n) is 2.08. The van der Waals surface area contributed by atoms with Crippen LogP contribution in [0, 0.1) is 0 Å². The van der Waals surface area contributed by atoms with Gasteiger partial charge in [0, 0.05) is 0 Å². The van der Waals surface area contributed by atoms with Crippen molar-refractivity contribution in [2.45, 2.75) is 58.3 Å². The highest BCUT2D eigenvalue weighted by Gasteiger charge is 1.98. The van der Waals surface area contributed by atoms with Crippen LogP contribution < -0.4 is 0 Å². The van der Waals surface area contributed by atoms with Crippen LogP contribution >= 0.6 is 0 Å². The molecule has 0 aromatic rings. The zero-order valence-electron chi connectivity index (χ0n) is 12.7. The Labute approximate surface area is 109 Å². The first-order valence-corrected chi connectivity index (χ1v) is 7.50. The molecule has 0 saturated heterocycles. The van der Waals surface area contributed by atoms with Gasteiger partial charge in [0.1, 0.15) is 0 Å². The minimum atomic E-state index is 1.23. The van der Waals surface area contributed by atoms with Crippen molar-refractivity contribution < 1.29 is 0 Å². The largest absolute Gasteiger partial charge is 0.309 e. The molecule has 104 valence electrons. The lowest BCUT2D eigenvalue weighted by Gasteiger charge is -2.17. The Hall–Kier alpha value is -0.0800. The monoisotopic (exact) mass is 242 g/mol. The second-order valence-electron chi connectivity index (χ2n) is 5.58. The fraction of sp³-hybridized carbons (Fsp3) is 1.00. The first kappa shape index (κ1) is 16.9. The van der Waals surface area contributed by atoms with E-state index in [2.05, 4.69) is 37.9 Å². The molecule has 0 fully saturated rings. The van der Waals surface area contributed by atoms with Crippen molar-refractivity contribution in [1.82, 2.24) is 9.80 Å². The molecule has 0 radical (unpaired) electrons. The molecule has 2 heteroatoms. The molecule has 0 bridgehead atoms. The third kappa shape index (κ3) is 13.9. The van der Waals surface area contributed by atoms with Gasteiger partial charge in [-0.2, -0.15) is 0 Å². The molecule has 0 aliphatic heterocycles. The zero-order valence-corrected chi connectivity index (χ0v) is 12.7. The van der Waals surface area contributed by atoms with Gasteiger partial charge in [-0.15, -0.1) is 0 Å². The summed E-state index contributed by atoms with van der Waals surface area (Å²) in [6.07, 6.45) is 11.1. The number of nitrogens with zero attached hydrogens (tertiary/aromatic N) is 2. The molecule has 17 heavy (non-hydrogen) atoms. The third-order valence-electron chi connectivity index (χ3n) is 3.29. The van der Waals surface area contributed by atoms with Crippen LogP contribution in [0.2, 0.25) is 0 Å². The van der Waals surface area contributed by atoms with Crippen molar-refractivity contribution in [1.29, 1.82) is 0 Å². The van der Waals surface area contributed by atoms with Gasteiger partial charge in [0.15, 0.2) is 0 Å². The Balaban J connectivity index is 3.14. The summed E-state index contributed by atoms with van der Waals surface area (Å²) in [5.74, 6) is 0. The third-order valence-corrected chi connectivity index (χ3v) is 3.29. The lowest BCUT2D eigenvalue weighted by atomic mass is 10.1. The second-order valence-corrected chi connectivity index (χ2v) is 5.58. The molecule has 0 aromatic carbocycles. The Morgan fingerprint density at radius 3 is 1.65 bits per heavy atom. The van der Waals surface area contributed by atoms with Crippen molar-refractivity contribution in [3.8, 4) is 0 Å². The van der Waals surface area contributed by atoms with E-state index in [4.69, 9.17) is 0 Å². The van der Waals surface area contributed by atoms with Gasteiger partial charge in [-0.05, 0) is 60.0 Å². The molecular formula is C15H34N2. The quantitative estimate of drug-likeness (QED) is 0.482. The maximum absolute atomic E-state index is 2.50. The van der Waals surface area contributed by atoms with Crippen LogP contribution in [0.15, 0.2) is 0 Å². The van der Waals surface area contributed by atoms with Gasteiger partial charge in [0.05, 0.1) is 0 Å². The van der Waals surface area contributed by atoms with Crippen LogP contribution in [0.25, 0.3) is 0 Å². The first-order chi connectivity index (χ1) is 8.16. The SMILES string of the molecule is CCCCCCCCN(C)CCCCN(C)C. The Morgan fingerprint density at radius 2 is 1.06 bits per heavy atom. The average molecular weight is 242 g/mol. The van der Waals surface area contributed by atoms with Gasteiger partial charge in [-0.25, -0.2) is 0 Å². The number of rotatable bonds is 12. The summed E-state index contributed by atoms with van der Waals surface area (Å²) < 4.78 is 0. The van der Waals surface area contributed by atoms with Crippen LogP contribution in [0.4, 0.5) is 0 Å². The Morgan fingerprint density at radius 1 is 0.588 bits per heavy atom. The predicted octanol–water partition coefficient (Wildman–Crippen LogP) is 3.62. The minimum Gasteiger partial charge on any atom is -0.309 e. The van der Waals surface area contributed by atoms with E-state index in [-0.39, 0.29) is 0 Å². The van der Waals surface area contributed by atoms with Crippen molar-refractivity contribution in [2.75, 3.05) is 40.8 Å². The Kier molecular flexibility index (Phi) is 12.3. The van der Waals surface area contributed by atoms with Gasteiger partial charge >= 0.3 is 0 Å². The average Bonchev–Trinajstić information content (AvgIpc) is 2.29. The van der Waals surface area contributed by atoms with Crippen molar-refractivity contribution in [3.05, 3.63) is 0 Å². The van der Waals surface area contributed by atoms with E-state index in [9.17, 15) is 0 Å². The van der Waals surface area contributed by atoms with Crippen molar-refractivity contribution in [3.63, 3.8) is 0 Å². The molecule has 0 amide bonds. The summed E-state index contributed by atoms with van der Waals surface area (Å²) in [5, 5.41) is 0. The minimum absolute atomic E-state index is 1.23. The van der Waals surface area contributed by atoms with Gasteiger partial charge in [-0.3, -0.25) is 0 Å². The second kappa shape index (κ2) is 12.4. The predicted molar refractivity (Wildman–Crippen MR) is 78.7 cm³/mol. The van der Waals surface area contributed by atoms with Gasteiger partial charge in [-0.1, -0.05) is 39.0 Å². The molecule has 0 saturated carbocycles. The molecule has 0 rings (SSSR count). The highest BCUT2D eigenvalue weighted by Crippen LogP contribution is 2.05. The smallest absolute Gasteiger partial charge is 0.00213 e. The maximum atomic E-state index is 2.50. The van der Waals surface area contributed by atoms with Crippen molar-refractivity contribution >= 4 is 0 Å². The first-order valence-electron chi connectivity index (χ1n) is 7.50. The zero-order chi connectivity index (χ0) is 12.9. The van der Waals surface area contributed by atoms with E-state index in [0.29, 0.717) is 0 Å². The lowest BCUT2D eigenvalue weighted by Crippen LogP contribution is -2.22. The summed E-state index contributed by atoms with van der Waals surface area (Å²) in [6.45, 7) is 6.06. The molecular weight excluding hydrogens is 208 g/mol. The van der Waals surface area contributed by atoms with Crippen LogP contribution in [0.5, 0.6) is 0 Å². The molecule has 0 unspecified atom stereocenters. The van der Waals surface area contributed by atoms with Crippen LogP contribution in [-0.4, -0.2) is 50.6 Å². The molecule has 0 heterocycles. The van der Waals surface area contributed by atoms with Crippen LogP contribution in [0.3, 0.4) is 0 Å². The van der Waals surface area contributed by atoms with Gasteiger partial charge < -0.3 is 9.80 Å². The number of hydrogen-bond donors (Lipinski definition) is 0. The molecule has 0 spiro atoms. The molecule has 0 aliphatic carbocycles. The maximum Gasteiger partial charge on any atom is -0.00213 e.